The summed E-state index contributed by atoms with van der Waals surface area (Å²) in [5.74, 6) is 1.54. The molecule has 2 aromatic rings. The quantitative estimate of drug-likeness (QED) is 0.770. The third kappa shape index (κ3) is 2.22. The average molecular weight is 238 g/mol. The highest BCUT2D eigenvalue weighted by atomic mass is 35.5. The van der Waals surface area contributed by atoms with E-state index in [0.29, 0.717) is 24.1 Å². The molecule has 0 spiro atoms. The predicted octanol–water partition coefficient (Wildman–Crippen LogP) is 2.53. The Morgan fingerprint density at radius 2 is 2.06 bits per heavy atom. The predicted molar refractivity (Wildman–Crippen MR) is 61.4 cm³/mol. The Bertz CT molecular complexity index is 496. The lowest BCUT2D eigenvalue weighted by molar-refractivity contribution is 0.513. The Hall–Kier alpha value is -1.42. The van der Waals surface area contributed by atoms with Crippen molar-refractivity contribution < 1.29 is 4.42 Å². The maximum atomic E-state index is 5.60. The van der Waals surface area contributed by atoms with E-state index in [1.54, 1.807) is 0 Å². The zero-order chi connectivity index (χ0) is 11.5. The monoisotopic (exact) mass is 237 g/mol. The van der Waals surface area contributed by atoms with Gasteiger partial charge in [0.1, 0.15) is 0 Å². The summed E-state index contributed by atoms with van der Waals surface area (Å²) in [7, 11) is 0. The zero-order valence-corrected chi connectivity index (χ0v) is 9.95. The van der Waals surface area contributed by atoms with Crippen LogP contribution in [-0.2, 0) is 6.42 Å². The minimum atomic E-state index is 0.479. The molecule has 0 aromatic carbocycles. The molecule has 84 valence electrons. The van der Waals surface area contributed by atoms with E-state index < -0.39 is 0 Å². The SMILES string of the molecule is Cc1ccc(-c2nnc(CCCl)o2)c(C)n1. The van der Waals surface area contributed by atoms with Gasteiger partial charge >= 0.3 is 0 Å². The molecule has 0 saturated carbocycles. The van der Waals surface area contributed by atoms with Gasteiger partial charge in [0, 0.05) is 18.0 Å². The van der Waals surface area contributed by atoms with Crippen LogP contribution in [0, 0.1) is 13.8 Å². The molecule has 16 heavy (non-hydrogen) atoms. The summed E-state index contributed by atoms with van der Waals surface area (Å²) in [5.41, 5.74) is 2.74. The van der Waals surface area contributed by atoms with Crippen molar-refractivity contribution in [2.24, 2.45) is 0 Å². The van der Waals surface area contributed by atoms with Crippen LogP contribution in [0.4, 0.5) is 0 Å². The molecule has 0 saturated heterocycles. The first-order valence-corrected chi connectivity index (χ1v) is 5.57. The van der Waals surface area contributed by atoms with Crippen LogP contribution in [-0.4, -0.2) is 21.1 Å². The largest absolute Gasteiger partial charge is 0.421 e. The Morgan fingerprint density at radius 1 is 1.25 bits per heavy atom. The molecule has 0 fully saturated rings. The molecule has 0 bridgehead atoms. The summed E-state index contributed by atoms with van der Waals surface area (Å²) in [6, 6.07) is 3.86. The van der Waals surface area contributed by atoms with Crippen molar-refractivity contribution in [3.63, 3.8) is 0 Å². The molecule has 2 rings (SSSR count). The summed E-state index contributed by atoms with van der Waals surface area (Å²) in [6.07, 6.45) is 0.590. The van der Waals surface area contributed by atoms with Crippen LogP contribution in [0.5, 0.6) is 0 Å². The van der Waals surface area contributed by atoms with E-state index in [4.69, 9.17) is 16.0 Å². The van der Waals surface area contributed by atoms with Gasteiger partial charge in [0.25, 0.3) is 0 Å². The highest BCUT2D eigenvalue weighted by molar-refractivity contribution is 6.17. The number of halogens is 1. The van der Waals surface area contributed by atoms with Crippen LogP contribution in [0.25, 0.3) is 11.5 Å². The molecule has 0 aliphatic carbocycles. The van der Waals surface area contributed by atoms with Crippen LogP contribution >= 0.6 is 11.6 Å². The maximum absolute atomic E-state index is 5.60. The van der Waals surface area contributed by atoms with E-state index in [-0.39, 0.29) is 0 Å². The lowest BCUT2D eigenvalue weighted by atomic mass is 10.2. The summed E-state index contributed by atoms with van der Waals surface area (Å²) in [6.45, 7) is 3.87. The van der Waals surface area contributed by atoms with Gasteiger partial charge in [-0.3, -0.25) is 4.98 Å². The minimum absolute atomic E-state index is 0.479. The first-order chi connectivity index (χ1) is 7.70. The van der Waals surface area contributed by atoms with Crippen LogP contribution in [0.15, 0.2) is 16.5 Å². The second-order valence-corrected chi connectivity index (χ2v) is 3.90. The normalized spacial score (nSPS) is 10.7. The van der Waals surface area contributed by atoms with Crippen molar-refractivity contribution in [1.29, 1.82) is 0 Å². The molecule has 0 aliphatic heterocycles. The molecule has 5 heteroatoms. The van der Waals surface area contributed by atoms with Crippen molar-refractivity contribution in [3.05, 3.63) is 29.4 Å². The van der Waals surface area contributed by atoms with Gasteiger partial charge in [0.2, 0.25) is 11.8 Å². The number of rotatable bonds is 3. The van der Waals surface area contributed by atoms with Crippen LogP contribution in [0.3, 0.4) is 0 Å². The summed E-state index contributed by atoms with van der Waals surface area (Å²) in [4.78, 5) is 4.35. The number of hydrogen-bond acceptors (Lipinski definition) is 4. The standard InChI is InChI=1S/C11H12ClN3O/c1-7-3-4-9(8(2)13-7)11-15-14-10(16-11)5-6-12/h3-4H,5-6H2,1-2H3. The van der Waals surface area contributed by atoms with Crippen LogP contribution in [0.2, 0.25) is 0 Å². The lowest BCUT2D eigenvalue weighted by Crippen LogP contribution is -1.90. The Kier molecular flexibility index (Phi) is 3.19. The van der Waals surface area contributed by atoms with Crippen molar-refractivity contribution in [3.8, 4) is 11.5 Å². The number of aromatic nitrogens is 3. The molecule has 0 aliphatic rings. The van der Waals surface area contributed by atoms with Crippen molar-refractivity contribution >= 4 is 11.6 Å². The molecule has 2 heterocycles. The molecule has 0 radical (unpaired) electrons. The molecule has 0 N–H and O–H groups in total. The Labute approximate surface area is 98.7 Å². The van der Waals surface area contributed by atoms with Gasteiger partial charge in [-0.2, -0.15) is 0 Å². The second-order valence-electron chi connectivity index (χ2n) is 3.53. The van der Waals surface area contributed by atoms with Gasteiger partial charge in [-0.25, -0.2) is 0 Å². The topological polar surface area (TPSA) is 51.8 Å². The molecule has 0 unspecified atom stereocenters. The van der Waals surface area contributed by atoms with E-state index in [1.807, 2.05) is 26.0 Å². The first-order valence-electron chi connectivity index (χ1n) is 5.03. The molecule has 4 nitrogen and oxygen atoms in total. The van der Waals surface area contributed by atoms with E-state index >= 15 is 0 Å². The van der Waals surface area contributed by atoms with Crippen LogP contribution < -0.4 is 0 Å². The fourth-order valence-corrected chi connectivity index (χ4v) is 1.62. The minimum Gasteiger partial charge on any atom is -0.421 e. The van der Waals surface area contributed by atoms with E-state index in [1.165, 1.54) is 0 Å². The number of aryl methyl sites for hydroxylation is 3. The van der Waals surface area contributed by atoms with E-state index in [0.717, 1.165) is 17.0 Å². The molecule has 2 aromatic heterocycles. The van der Waals surface area contributed by atoms with Crippen molar-refractivity contribution in [2.45, 2.75) is 20.3 Å². The average Bonchev–Trinajstić information content (AvgIpc) is 2.67. The highest BCUT2D eigenvalue weighted by Crippen LogP contribution is 2.21. The molecule has 0 amide bonds. The van der Waals surface area contributed by atoms with Gasteiger partial charge in [-0.15, -0.1) is 21.8 Å². The molecule has 0 atom stereocenters. The molecular formula is C11H12ClN3O. The van der Waals surface area contributed by atoms with Crippen molar-refractivity contribution in [1.82, 2.24) is 15.2 Å². The summed E-state index contributed by atoms with van der Waals surface area (Å²) >= 11 is 5.60. The third-order valence-corrected chi connectivity index (χ3v) is 2.42. The Morgan fingerprint density at radius 3 is 2.75 bits per heavy atom. The number of alkyl halides is 1. The van der Waals surface area contributed by atoms with Crippen molar-refractivity contribution in [2.75, 3.05) is 5.88 Å². The van der Waals surface area contributed by atoms with Gasteiger partial charge in [0.15, 0.2) is 0 Å². The number of nitrogens with zero attached hydrogens (tertiary/aromatic N) is 3. The zero-order valence-electron chi connectivity index (χ0n) is 9.20. The van der Waals surface area contributed by atoms with E-state index in [9.17, 15) is 0 Å². The second kappa shape index (κ2) is 4.61. The number of hydrogen-bond donors (Lipinski definition) is 0. The summed E-state index contributed by atoms with van der Waals surface area (Å²) < 4.78 is 5.48. The Balaban J connectivity index is 2.35. The number of pyridine rings is 1. The van der Waals surface area contributed by atoms with Gasteiger partial charge in [0.05, 0.1) is 11.3 Å². The lowest BCUT2D eigenvalue weighted by Gasteiger charge is -2.00. The smallest absolute Gasteiger partial charge is 0.249 e. The van der Waals surface area contributed by atoms with E-state index in [2.05, 4.69) is 15.2 Å². The third-order valence-electron chi connectivity index (χ3n) is 2.23. The van der Waals surface area contributed by atoms with Crippen LogP contribution in [0.1, 0.15) is 17.3 Å². The summed E-state index contributed by atoms with van der Waals surface area (Å²) in [5, 5.41) is 7.90. The van der Waals surface area contributed by atoms with Gasteiger partial charge < -0.3 is 4.42 Å². The van der Waals surface area contributed by atoms with Gasteiger partial charge in [-0.05, 0) is 26.0 Å². The van der Waals surface area contributed by atoms with Gasteiger partial charge in [-0.1, -0.05) is 0 Å². The fraction of sp³-hybridized carbons (Fsp3) is 0.364. The molecular weight excluding hydrogens is 226 g/mol. The fourth-order valence-electron chi connectivity index (χ4n) is 1.46. The maximum Gasteiger partial charge on any atom is 0.249 e. The highest BCUT2D eigenvalue weighted by Gasteiger charge is 2.11. The first kappa shape index (κ1) is 11.1.